The summed E-state index contributed by atoms with van der Waals surface area (Å²) in [7, 11) is 1.67. The molecule has 1 N–H and O–H groups in total. The highest BCUT2D eigenvalue weighted by molar-refractivity contribution is 5.88. The molecule has 0 radical (unpaired) electrons. The number of aromatic amines is 1. The largest absolute Gasteiger partial charge is 0.497 e. The predicted octanol–water partition coefficient (Wildman–Crippen LogP) is 1.97. The summed E-state index contributed by atoms with van der Waals surface area (Å²) in [6.45, 7) is 4.16. The van der Waals surface area contributed by atoms with Crippen molar-refractivity contribution in [3.8, 4) is 5.75 Å². The molecule has 1 fully saturated rings. The zero-order valence-electron chi connectivity index (χ0n) is 15.4. The molecule has 6 heteroatoms. The van der Waals surface area contributed by atoms with Crippen molar-refractivity contribution in [3.63, 3.8) is 0 Å². The topological polar surface area (TPSA) is 65.6 Å². The molecule has 1 atom stereocenters. The van der Waals surface area contributed by atoms with Crippen LogP contribution in [0.4, 0.5) is 0 Å². The van der Waals surface area contributed by atoms with Crippen LogP contribution in [-0.4, -0.2) is 59.9 Å². The summed E-state index contributed by atoms with van der Waals surface area (Å²) >= 11 is 0. The van der Waals surface area contributed by atoms with Gasteiger partial charge in [0.15, 0.2) is 0 Å². The Bertz CT molecular complexity index is 849. The summed E-state index contributed by atoms with van der Waals surface area (Å²) in [5.41, 5.74) is 3.61. The molecular weight excluding hydrogens is 330 g/mol. The van der Waals surface area contributed by atoms with E-state index in [9.17, 15) is 9.59 Å². The summed E-state index contributed by atoms with van der Waals surface area (Å²) in [5, 5.41) is 1.17. The summed E-state index contributed by atoms with van der Waals surface area (Å²) in [4.78, 5) is 31.7. The Morgan fingerprint density at radius 3 is 2.58 bits per heavy atom. The van der Waals surface area contributed by atoms with Gasteiger partial charge in [0.1, 0.15) is 5.75 Å². The molecule has 2 amide bonds. The Morgan fingerprint density at radius 1 is 1.15 bits per heavy atom. The van der Waals surface area contributed by atoms with Crippen LogP contribution in [0, 0.1) is 5.92 Å². The van der Waals surface area contributed by atoms with E-state index in [0.29, 0.717) is 26.2 Å². The summed E-state index contributed by atoms with van der Waals surface area (Å²) in [6.07, 6.45) is 2.55. The molecule has 2 heterocycles. The lowest BCUT2D eigenvalue weighted by atomic mass is 9.85. The number of aryl methyl sites for hydroxylation is 1. The Labute approximate surface area is 153 Å². The van der Waals surface area contributed by atoms with E-state index < -0.39 is 0 Å². The number of nitrogens with one attached hydrogen (secondary N) is 1. The van der Waals surface area contributed by atoms with E-state index in [1.807, 2.05) is 21.9 Å². The lowest BCUT2D eigenvalue weighted by Crippen LogP contribution is -2.52. The molecule has 2 aromatic rings. The molecule has 1 aliphatic heterocycles. The van der Waals surface area contributed by atoms with Crippen molar-refractivity contribution in [2.45, 2.75) is 26.2 Å². The molecule has 138 valence electrons. The SMILES string of the molecule is COc1ccc2[nH]c3c(c2c1)CC(C(=O)N1CCN(C(C)=O)CC1)CC3. The van der Waals surface area contributed by atoms with Crippen molar-refractivity contribution in [1.29, 1.82) is 0 Å². The van der Waals surface area contributed by atoms with Crippen molar-refractivity contribution < 1.29 is 14.3 Å². The smallest absolute Gasteiger partial charge is 0.226 e. The van der Waals surface area contributed by atoms with Gasteiger partial charge in [0.05, 0.1) is 7.11 Å². The van der Waals surface area contributed by atoms with Crippen LogP contribution < -0.4 is 4.74 Å². The third-order valence-electron chi connectivity index (χ3n) is 5.78. The fraction of sp³-hybridized carbons (Fsp3) is 0.500. The van der Waals surface area contributed by atoms with Crippen LogP contribution in [0.3, 0.4) is 0 Å². The zero-order chi connectivity index (χ0) is 18.3. The van der Waals surface area contributed by atoms with Crippen LogP contribution in [0.1, 0.15) is 24.6 Å². The number of carbonyl (C=O) groups is 2. The second-order valence-electron chi connectivity index (χ2n) is 7.26. The molecule has 0 bridgehead atoms. The molecule has 1 saturated heterocycles. The standard InChI is InChI=1S/C20H25N3O3/c1-13(24)22-7-9-23(10-8-22)20(25)14-3-5-18-16(11-14)17-12-15(26-2)4-6-19(17)21-18/h4,6,12,14,21H,3,5,7-11H2,1-2H3. The average Bonchev–Trinajstić information content (AvgIpc) is 3.04. The lowest BCUT2D eigenvalue weighted by Gasteiger charge is -2.36. The summed E-state index contributed by atoms with van der Waals surface area (Å²) in [6, 6.07) is 6.06. The number of amides is 2. The molecule has 4 rings (SSSR count). The number of hydrogen-bond acceptors (Lipinski definition) is 3. The van der Waals surface area contributed by atoms with Crippen molar-refractivity contribution in [2.24, 2.45) is 5.92 Å². The van der Waals surface area contributed by atoms with Gasteiger partial charge in [-0.1, -0.05) is 0 Å². The number of nitrogens with zero attached hydrogens (tertiary/aromatic N) is 2. The number of aromatic nitrogens is 1. The molecule has 1 unspecified atom stereocenters. The molecule has 2 aliphatic rings. The van der Waals surface area contributed by atoms with Gasteiger partial charge in [-0.25, -0.2) is 0 Å². The number of benzene rings is 1. The molecule has 6 nitrogen and oxygen atoms in total. The normalized spacial score (nSPS) is 20.2. The first-order chi connectivity index (χ1) is 12.6. The first-order valence-corrected chi connectivity index (χ1v) is 9.28. The molecule has 1 aromatic carbocycles. The van der Waals surface area contributed by atoms with Gasteiger partial charge in [-0.2, -0.15) is 0 Å². The predicted molar refractivity (Wildman–Crippen MR) is 99.2 cm³/mol. The van der Waals surface area contributed by atoms with Gasteiger partial charge in [-0.05, 0) is 43.0 Å². The van der Waals surface area contributed by atoms with Crippen LogP contribution in [0.15, 0.2) is 18.2 Å². The fourth-order valence-electron chi connectivity index (χ4n) is 4.23. The van der Waals surface area contributed by atoms with Crippen LogP contribution in [0.25, 0.3) is 10.9 Å². The van der Waals surface area contributed by atoms with Crippen molar-refractivity contribution in [3.05, 3.63) is 29.5 Å². The van der Waals surface area contributed by atoms with Crippen LogP contribution in [0.5, 0.6) is 5.75 Å². The van der Waals surface area contributed by atoms with E-state index in [1.54, 1.807) is 14.0 Å². The average molecular weight is 355 g/mol. The van der Waals surface area contributed by atoms with Crippen molar-refractivity contribution >= 4 is 22.7 Å². The van der Waals surface area contributed by atoms with E-state index in [1.165, 1.54) is 16.6 Å². The second-order valence-corrected chi connectivity index (χ2v) is 7.26. The number of rotatable bonds is 2. The highest BCUT2D eigenvalue weighted by Crippen LogP contribution is 2.34. The molecule has 0 spiro atoms. The highest BCUT2D eigenvalue weighted by Gasteiger charge is 2.32. The summed E-state index contributed by atoms with van der Waals surface area (Å²) < 4.78 is 5.36. The zero-order valence-corrected chi connectivity index (χ0v) is 15.4. The van der Waals surface area contributed by atoms with Gasteiger partial charge in [0.2, 0.25) is 11.8 Å². The third kappa shape index (κ3) is 2.93. The van der Waals surface area contributed by atoms with Crippen LogP contribution in [0.2, 0.25) is 0 Å². The Kier molecular flexibility index (Phi) is 4.34. The first-order valence-electron chi connectivity index (χ1n) is 9.28. The highest BCUT2D eigenvalue weighted by atomic mass is 16.5. The van der Waals surface area contributed by atoms with Crippen molar-refractivity contribution in [2.75, 3.05) is 33.3 Å². The van der Waals surface area contributed by atoms with E-state index in [-0.39, 0.29) is 17.7 Å². The maximum atomic E-state index is 13.0. The Hall–Kier alpha value is -2.50. The fourth-order valence-corrected chi connectivity index (χ4v) is 4.23. The Balaban J connectivity index is 1.51. The molecule has 26 heavy (non-hydrogen) atoms. The van der Waals surface area contributed by atoms with Gasteiger partial charge >= 0.3 is 0 Å². The number of ether oxygens (including phenoxy) is 1. The number of methoxy groups -OCH3 is 1. The van der Waals surface area contributed by atoms with E-state index in [4.69, 9.17) is 4.74 Å². The van der Waals surface area contributed by atoms with Gasteiger partial charge in [-0.15, -0.1) is 0 Å². The van der Waals surface area contributed by atoms with Gasteiger partial charge < -0.3 is 19.5 Å². The number of hydrogen-bond donors (Lipinski definition) is 1. The first kappa shape index (κ1) is 16.9. The van der Waals surface area contributed by atoms with Crippen LogP contribution >= 0.6 is 0 Å². The second kappa shape index (κ2) is 6.67. The lowest BCUT2D eigenvalue weighted by molar-refractivity contribution is -0.141. The molecule has 0 saturated carbocycles. The number of piperazine rings is 1. The quantitative estimate of drug-likeness (QED) is 0.896. The number of carbonyl (C=O) groups excluding carboxylic acids is 2. The maximum Gasteiger partial charge on any atom is 0.226 e. The number of H-pyrrole nitrogens is 1. The molecular formula is C20H25N3O3. The van der Waals surface area contributed by atoms with E-state index >= 15 is 0 Å². The maximum absolute atomic E-state index is 13.0. The van der Waals surface area contributed by atoms with Crippen molar-refractivity contribution in [1.82, 2.24) is 14.8 Å². The minimum absolute atomic E-state index is 0.0246. The molecule has 1 aromatic heterocycles. The number of fused-ring (bicyclic) bond motifs is 3. The minimum atomic E-state index is 0.0246. The van der Waals surface area contributed by atoms with E-state index in [2.05, 4.69) is 11.1 Å². The summed E-state index contributed by atoms with van der Waals surface area (Å²) in [5.74, 6) is 1.19. The molecule has 1 aliphatic carbocycles. The third-order valence-corrected chi connectivity index (χ3v) is 5.78. The van der Waals surface area contributed by atoms with Gasteiger partial charge in [0.25, 0.3) is 0 Å². The van der Waals surface area contributed by atoms with Gasteiger partial charge in [-0.3, -0.25) is 9.59 Å². The van der Waals surface area contributed by atoms with Crippen LogP contribution in [-0.2, 0) is 22.4 Å². The monoisotopic (exact) mass is 355 g/mol. The van der Waals surface area contributed by atoms with Gasteiger partial charge in [0, 0.05) is 55.6 Å². The Morgan fingerprint density at radius 2 is 1.88 bits per heavy atom. The minimum Gasteiger partial charge on any atom is -0.497 e. The van der Waals surface area contributed by atoms with E-state index in [0.717, 1.165) is 30.5 Å².